The van der Waals surface area contributed by atoms with Crippen molar-refractivity contribution in [3.63, 3.8) is 0 Å². The third-order valence-electron chi connectivity index (χ3n) is 1.59. The Morgan fingerprint density at radius 3 is 3.20 bits per heavy atom. The SMILES string of the molecule is CNCN1CCNC(F)C1. The Morgan fingerprint density at radius 1 is 1.80 bits per heavy atom. The van der Waals surface area contributed by atoms with Gasteiger partial charge in [0.05, 0.1) is 0 Å². The van der Waals surface area contributed by atoms with Gasteiger partial charge in [0.25, 0.3) is 0 Å². The molecule has 0 radical (unpaired) electrons. The lowest BCUT2D eigenvalue weighted by Crippen LogP contribution is -2.50. The normalized spacial score (nSPS) is 28.8. The summed E-state index contributed by atoms with van der Waals surface area (Å²) in [6.07, 6.45) is -0.845. The minimum Gasteiger partial charge on any atom is -0.307 e. The number of nitrogens with one attached hydrogen (secondary N) is 2. The Morgan fingerprint density at radius 2 is 2.60 bits per heavy atom. The van der Waals surface area contributed by atoms with Gasteiger partial charge in [0.15, 0.2) is 6.30 Å². The Bertz CT molecular complexity index is 97.0. The van der Waals surface area contributed by atoms with Gasteiger partial charge in [-0.1, -0.05) is 0 Å². The topological polar surface area (TPSA) is 27.3 Å². The van der Waals surface area contributed by atoms with Gasteiger partial charge in [-0.15, -0.1) is 0 Å². The van der Waals surface area contributed by atoms with Crippen LogP contribution in [0.1, 0.15) is 0 Å². The molecule has 3 nitrogen and oxygen atoms in total. The summed E-state index contributed by atoms with van der Waals surface area (Å²) in [5.74, 6) is 0. The number of halogens is 1. The van der Waals surface area contributed by atoms with E-state index in [2.05, 4.69) is 10.6 Å². The monoisotopic (exact) mass is 147 g/mol. The van der Waals surface area contributed by atoms with Gasteiger partial charge in [-0.05, 0) is 7.05 Å². The molecule has 1 saturated heterocycles. The van der Waals surface area contributed by atoms with Crippen molar-refractivity contribution in [1.29, 1.82) is 0 Å². The van der Waals surface area contributed by atoms with Gasteiger partial charge in [0, 0.05) is 26.3 Å². The van der Waals surface area contributed by atoms with Crippen LogP contribution >= 0.6 is 0 Å². The summed E-state index contributed by atoms with van der Waals surface area (Å²) >= 11 is 0. The van der Waals surface area contributed by atoms with Crippen molar-refractivity contribution in [1.82, 2.24) is 15.5 Å². The van der Waals surface area contributed by atoms with E-state index >= 15 is 0 Å². The maximum absolute atomic E-state index is 12.6. The lowest BCUT2D eigenvalue weighted by Gasteiger charge is -2.29. The number of alkyl halides is 1. The highest BCUT2D eigenvalue weighted by atomic mass is 19.1. The van der Waals surface area contributed by atoms with Crippen LogP contribution in [0.3, 0.4) is 0 Å². The van der Waals surface area contributed by atoms with Crippen molar-refractivity contribution in [3.05, 3.63) is 0 Å². The van der Waals surface area contributed by atoms with Gasteiger partial charge >= 0.3 is 0 Å². The van der Waals surface area contributed by atoms with E-state index in [1.807, 2.05) is 11.9 Å². The minimum absolute atomic E-state index is 0.501. The molecule has 0 aliphatic carbocycles. The van der Waals surface area contributed by atoms with Gasteiger partial charge in [-0.3, -0.25) is 10.2 Å². The van der Waals surface area contributed by atoms with Crippen LogP contribution in [0.15, 0.2) is 0 Å². The minimum atomic E-state index is -0.845. The van der Waals surface area contributed by atoms with E-state index in [9.17, 15) is 4.39 Å². The van der Waals surface area contributed by atoms with Gasteiger partial charge in [0.1, 0.15) is 0 Å². The molecule has 0 aromatic carbocycles. The summed E-state index contributed by atoms with van der Waals surface area (Å²) in [4.78, 5) is 2.04. The van der Waals surface area contributed by atoms with E-state index in [-0.39, 0.29) is 0 Å². The fourth-order valence-electron chi connectivity index (χ4n) is 1.13. The molecule has 0 spiro atoms. The quantitative estimate of drug-likeness (QED) is 0.509. The van der Waals surface area contributed by atoms with Crippen molar-refractivity contribution in [3.8, 4) is 0 Å². The molecule has 60 valence electrons. The summed E-state index contributed by atoms with van der Waals surface area (Å²) in [6.45, 7) is 2.97. The molecule has 1 atom stereocenters. The number of piperazine rings is 1. The van der Waals surface area contributed by atoms with Gasteiger partial charge in [0.2, 0.25) is 0 Å². The van der Waals surface area contributed by atoms with Gasteiger partial charge in [-0.2, -0.15) is 0 Å². The number of rotatable bonds is 2. The van der Waals surface area contributed by atoms with E-state index in [0.29, 0.717) is 6.54 Å². The lowest BCUT2D eigenvalue weighted by atomic mass is 10.4. The van der Waals surface area contributed by atoms with Crippen molar-refractivity contribution < 1.29 is 4.39 Å². The number of nitrogens with zero attached hydrogens (tertiary/aromatic N) is 1. The predicted octanol–water partition coefficient (Wildman–Crippen LogP) is -0.636. The van der Waals surface area contributed by atoms with E-state index in [1.54, 1.807) is 0 Å². The molecule has 2 N–H and O–H groups in total. The zero-order chi connectivity index (χ0) is 7.40. The molecular weight excluding hydrogens is 133 g/mol. The average Bonchev–Trinajstić information content (AvgIpc) is 1.88. The van der Waals surface area contributed by atoms with Crippen LogP contribution in [0.5, 0.6) is 0 Å². The van der Waals surface area contributed by atoms with Crippen LogP contribution in [0.2, 0.25) is 0 Å². The summed E-state index contributed by atoms with van der Waals surface area (Å²) in [7, 11) is 1.87. The highest BCUT2D eigenvalue weighted by Crippen LogP contribution is 1.97. The first-order valence-corrected chi connectivity index (χ1v) is 3.57. The maximum Gasteiger partial charge on any atom is 0.164 e. The predicted molar refractivity (Wildman–Crippen MR) is 38.4 cm³/mol. The zero-order valence-corrected chi connectivity index (χ0v) is 6.23. The Hall–Kier alpha value is -0.190. The molecule has 10 heavy (non-hydrogen) atoms. The average molecular weight is 147 g/mol. The molecule has 1 heterocycles. The molecule has 1 rings (SSSR count). The Labute approximate surface area is 60.6 Å². The van der Waals surface area contributed by atoms with Crippen molar-refractivity contribution in [2.75, 3.05) is 33.4 Å². The summed E-state index contributed by atoms with van der Waals surface area (Å²) in [5, 5.41) is 5.72. The zero-order valence-electron chi connectivity index (χ0n) is 6.23. The highest BCUT2D eigenvalue weighted by Gasteiger charge is 2.16. The molecule has 0 amide bonds. The molecule has 0 saturated carbocycles. The molecule has 0 bridgehead atoms. The second-order valence-corrected chi connectivity index (χ2v) is 2.51. The first kappa shape index (κ1) is 7.91. The highest BCUT2D eigenvalue weighted by molar-refractivity contribution is 4.69. The smallest absolute Gasteiger partial charge is 0.164 e. The molecule has 0 aromatic rings. The van der Waals surface area contributed by atoms with Crippen molar-refractivity contribution in [2.24, 2.45) is 0 Å². The number of hydrogen-bond acceptors (Lipinski definition) is 3. The fraction of sp³-hybridized carbons (Fsp3) is 1.00. The van der Waals surface area contributed by atoms with Crippen LogP contribution in [0.4, 0.5) is 4.39 Å². The third-order valence-corrected chi connectivity index (χ3v) is 1.59. The second-order valence-electron chi connectivity index (χ2n) is 2.51. The number of hydrogen-bond donors (Lipinski definition) is 2. The van der Waals surface area contributed by atoms with E-state index < -0.39 is 6.30 Å². The van der Waals surface area contributed by atoms with Crippen molar-refractivity contribution >= 4 is 0 Å². The van der Waals surface area contributed by atoms with Gasteiger partial charge < -0.3 is 5.32 Å². The maximum atomic E-state index is 12.6. The first-order valence-electron chi connectivity index (χ1n) is 3.57. The Kier molecular flexibility index (Phi) is 3.05. The third kappa shape index (κ3) is 2.21. The first-order chi connectivity index (χ1) is 4.83. The molecule has 1 fully saturated rings. The standard InChI is InChI=1S/C6H14FN3/c1-8-5-10-3-2-9-6(7)4-10/h6,8-9H,2-5H2,1H3. The summed E-state index contributed by atoms with van der Waals surface area (Å²) < 4.78 is 12.6. The van der Waals surface area contributed by atoms with E-state index in [1.165, 1.54) is 0 Å². The fourth-order valence-corrected chi connectivity index (χ4v) is 1.13. The molecular formula is C6H14FN3. The van der Waals surface area contributed by atoms with E-state index in [0.717, 1.165) is 19.8 Å². The molecule has 0 aromatic heterocycles. The molecule has 1 aliphatic rings. The Balaban J connectivity index is 2.18. The van der Waals surface area contributed by atoms with Crippen LogP contribution in [0, 0.1) is 0 Å². The lowest BCUT2D eigenvalue weighted by molar-refractivity contribution is 0.120. The largest absolute Gasteiger partial charge is 0.307 e. The molecule has 4 heteroatoms. The molecule has 1 aliphatic heterocycles. The van der Waals surface area contributed by atoms with Crippen LogP contribution in [0.25, 0.3) is 0 Å². The van der Waals surface area contributed by atoms with Gasteiger partial charge in [-0.25, -0.2) is 4.39 Å². The summed E-state index contributed by atoms with van der Waals surface area (Å²) in [6, 6.07) is 0. The second kappa shape index (κ2) is 3.85. The van der Waals surface area contributed by atoms with Crippen molar-refractivity contribution in [2.45, 2.75) is 6.30 Å². The summed E-state index contributed by atoms with van der Waals surface area (Å²) in [5.41, 5.74) is 0. The van der Waals surface area contributed by atoms with Crippen LogP contribution in [-0.2, 0) is 0 Å². The van der Waals surface area contributed by atoms with E-state index in [4.69, 9.17) is 0 Å². The molecule has 1 unspecified atom stereocenters. The van der Waals surface area contributed by atoms with Crippen LogP contribution in [-0.4, -0.2) is 44.5 Å². The van der Waals surface area contributed by atoms with Crippen LogP contribution < -0.4 is 10.6 Å².